The van der Waals surface area contributed by atoms with E-state index < -0.39 is 0 Å². The fourth-order valence-corrected chi connectivity index (χ4v) is 3.83. The lowest BCUT2D eigenvalue weighted by Crippen LogP contribution is -2.02. The summed E-state index contributed by atoms with van der Waals surface area (Å²) in [6.45, 7) is 0.486. The Hall–Kier alpha value is -1.32. The molecule has 2 aromatic rings. The molecule has 2 rings (SSSR count). The number of thioether (sulfide) groups is 2. The van der Waals surface area contributed by atoms with Crippen LogP contribution >= 0.6 is 46.7 Å². The Balaban J connectivity index is 1.77. The van der Waals surface area contributed by atoms with Crippen molar-refractivity contribution in [3.05, 3.63) is 64.1 Å². The van der Waals surface area contributed by atoms with E-state index in [0.717, 1.165) is 15.7 Å². The maximum Gasteiger partial charge on any atom is 0.207 e. The molecule has 0 unspecified atom stereocenters. The first kappa shape index (κ1) is 19.0. The van der Waals surface area contributed by atoms with Gasteiger partial charge in [-0.25, -0.2) is 0 Å². The summed E-state index contributed by atoms with van der Waals surface area (Å²) in [6.07, 6.45) is 1.84. The van der Waals surface area contributed by atoms with Crippen LogP contribution in [0.25, 0.3) is 0 Å². The van der Waals surface area contributed by atoms with Crippen molar-refractivity contribution in [3.63, 3.8) is 0 Å². The van der Waals surface area contributed by atoms with Crippen molar-refractivity contribution in [1.82, 2.24) is 0 Å². The summed E-state index contributed by atoms with van der Waals surface area (Å²) in [6, 6.07) is 15.0. The summed E-state index contributed by atoms with van der Waals surface area (Å²) >= 11 is 14.9. The second kappa shape index (κ2) is 10.5. The number of benzene rings is 2. The Morgan fingerprint density at radius 1 is 1.08 bits per heavy atom. The van der Waals surface area contributed by atoms with Crippen LogP contribution in [0.3, 0.4) is 0 Å². The predicted molar refractivity (Wildman–Crippen MR) is 105 cm³/mol. The van der Waals surface area contributed by atoms with Crippen molar-refractivity contribution in [1.29, 1.82) is 5.26 Å². The lowest BCUT2D eigenvalue weighted by Gasteiger charge is -2.08. The number of nitrogens with zero attached hydrogens (tertiary/aromatic N) is 2. The van der Waals surface area contributed by atoms with Gasteiger partial charge in [0.05, 0.1) is 11.6 Å². The normalized spacial score (nSPS) is 11.1. The molecule has 0 saturated heterocycles. The molecular weight excluding hydrogens is 383 g/mol. The van der Waals surface area contributed by atoms with Crippen LogP contribution in [0.5, 0.6) is 5.75 Å². The quantitative estimate of drug-likeness (QED) is 0.264. The molecule has 0 spiro atoms. The number of halogens is 2. The summed E-state index contributed by atoms with van der Waals surface area (Å²) in [5, 5.41) is 10.1. The van der Waals surface area contributed by atoms with Crippen molar-refractivity contribution in [2.24, 2.45) is 4.99 Å². The van der Waals surface area contributed by atoms with Gasteiger partial charge < -0.3 is 4.74 Å². The summed E-state index contributed by atoms with van der Waals surface area (Å²) in [5.41, 5.74) is 1.13. The third-order valence-corrected chi connectivity index (χ3v) is 5.62. The van der Waals surface area contributed by atoms with Crippen molar-refractivity contribution >= 4 is 51.1 Å². The monoisotopic (exact) mass is 396 g/mol. The molecule has 0 heterocycles. The molecule has 0 radical (unpaired) electrons. The molecule has 2 aromatic carbocycles. The lowest BCUT2D eigenvalue weighted by atomic mass is 10.2. The van der Waals surface area contributed by atoms with E-state index in [2.05, 4.69) is 4.99 Å². The van der Waals surface area contributed by atoms with Gasteiger partial charge in [-0.2, -0.15) is 10.3 Å². The van der Waals surface area contributed by atoms with E-state index in [1.807, 2.05) is 48.7 Å². The van der Waals surface area contributed by atoms with Crippen LogP contribution < -0.4 is 4.74 Å². The van der Waals surface area contributed by atoms with Gasteiger partial charge in [0.25, 0.3) is 0 Å². The first-order valence-electron chi connectivity index (χ1n) is 7.03. The highest BCUT2D eigenvalue weighted by atomic mass is 35.5. The van der Waals surface area contributed by atoms with Gasteiger partial charge in [-0.15, -0.1) is 0 Å². The van der Waals surface area contributed by atoms with Gasteiger partial charge >= 0.3 is 0 Å². The Morgan fingerprint density at radius 3 is 2.54 bits per heavy atom. The molecule has 124 valence electrons. The third kappa shape index (κ3) is 6.66. The molecule has 0 saturated carbocycles. The zero-order valence-electron chi connectivity index (χ0n) is 12.6. The first-order chi connectivity index (χ1) is 11.7. The molecule has 0 N–H and O–H groups in total. The number of rotatable bonds is 6. The number of hydrogen-bond donors (Lipinski definition) is 0. The van der Waals surface area contributed by atoms with Gasteiger partial charge in [0.2, 0.25) is 6.19 Å². The highest BCUT2D eigenvalue weighted by molar-refractivity contribution is 8.38. The summed E-state index contributed by atoms with van der Waals surface area (Å²) < 4.78 is 6.34. The van der Waals surface area contributed by atoms with Crippen LogP contribution in [-0.2, 0) is 5.75 Å². The number of ether oxygens (including phenoxy) is 1. The zero-order valence-corrected chi connectivity index (χ0v) is 15.8. The van der Waals surface area contributed by atoms with Gasteiger partial charge in [0, 0.05) is 16.5 Å². The summed E-state index contributed by atoms with van der Waals surface area (Å²) in [5.74, 6) is 2.07. The number of para-hydroxylation sites is 1. The maximum absolute atomic E-state index is 8.81. The van der Waals surface area contributed by atoms with Gasteiger partial charge in [-0.05, 0) is 29.8 Å². The van der Waals surface area contributed by atoms with E-state index in [0.29, 0.717) is 28.2 Å². The van der Waals surface area contributed by atoms with E-state index in [1.165, 1.54) is 23.5 Å². The third-order valence-electron chi connectivity index (χ3n) is 2.82. The lowest BCUT2D eigenvalue weighted by molar-refractivity contribution is 0.344. The Kier molecular flexibility index (Phi) is 8.34. The van der Waals surface area contributed by atoms with Gasteiger partial charge in [0.1, 0.15) is 10.1 Å². The predicted octanol–water partition coefficient (Wildman–Crippen LogP) is 5.88. The van der Waals surface area contributed by atoms with Gasteiger partial charge in [0.15, 0.2) is 0 Å². The van der Waals surface area contributed by atoms with Crippen LogP contribution in [-0.4, -0.2) is 16.7 Å². The largest absolute Gasteiger partial charge is 0.491 e. The molecule has 7 heteroatoms. The summed E-state index contributed by atoms with van der Waals surface area (Å²) in [7, 11) is 0. The molecule has 3 nitrogen and oxygen atoms in total. The van der Waals surface area contributed by atoms with E-state index in [-0.39, 0.29) is 0 Å². The van der Waals surface area contributed by atoms with Crippen LogP contribution in [0, 0.1) is 11.5 Å². The van der Waals surface area contributed by atoms with Crippen molar-refractivity contribution in [2.45, 2.75) is 5.75 Å². The average Bonchev–Trinajstić information content (AvgIpc) is 2.59. The number of aliphatic imine (C=N–C) groups is 1. The smallest absolute Gasteiger partial charge is 0.207 e. The second-order valence-electron chi connectivity index (χ2n) is 4.52. The Morgan fingerprint density at radius 2 is 1.83 bits per heavy atom. The van der Waals surface area contributed by atoms with E-state index in [9.17, 15) is 0 Å². The molecule has 0 aromatic heterocycles. The highest BCUT2D eigenvalue weighted by Crippen LogP contribution is 2.25. The number of hydrogen-bond acceptors (Lipinski definition) is 5. The SMILES string of the molecule is N#CN=C(SCCOc1ccccc1Cl)SCc1ccc(Cl)cc1. The molecule has 0 aliphatic rings. The van der Waals surface area contributed by atoms with Crippen LogP contribution in [0.15, 0.2) is 53.5 Å². The average molecular weight is 397 g/mol. The molecule has 0 atom stereocenters. The zero-order chi connectivity index (χ0) is 17.2. The standard InChI is InChI=1S/C17H14Cl2N2OS2/c18-14-7-5-13(6-8-14)11-24-17(21-12-20)23-10-9-22-16-4-2-1-3-15(16)19/h1-8H,9-11H2. The minimum atomic E-state index is 0.486. The van der Waals surface area contributed by atoms with Crippen LogP contribution in [0.1, 0.15) is 5.56 Å². The van der Waals surface area contributed by atoms with E-state index in [1.54, 1.807) is 6.07 Å². The van der Waals surface area contributed by atoms with Crippen LogP contribution in [0.2, 0.25) is 10.0 Å². The topological polar surface area (TPSA) is 45.4 Å². The Labute approximate surface area is 160 Å². The first-order valence-corrected chi connectivity index (χ1v) is 9.76. The van der Waals surface area contributed by atoms with Crippen molar-refractivity contribution in [3.8, 4) is 11.9 Å². The molecule has 24 heavy (non-hydrogen) atoms. The van der Waals surface area contributed by atoms with E-state index in [4.69, 9.17) is 33.2 Å². The minimum Gasteiger partial charge on any atom is -0.491 e. The van der Waals surface area contributed by atoms with Crippen LogP contribution in [0.4, 0.5) is 0 Å². The van der Waals surface area contributed by atoms with Gasteiger partial charge in [-0.3, -0.25) is 0 Å². The van der Waals surface area contributed by atoms with Gasteiger partial charge in [-0.1, -0.05) is 71.0 Å². The minimum absolute atomic E-state index is 0.486. The van der Waals surface area contributed by atoms with Crippen molar-refractivity contribution < 1.29 is 4.74 Å². The highest BCUT2D eigenvalue weighted by Gasteiger charge is 2.05. The molecule has 0 amide bonds. The fraction of sp³-hybridized carbons (Fsp3) is 0.176. The Bertz CT molecular complexity index is 730. The molecule has 0 bridgehead atoms. The fourth-order valence-electron chi connectivity index (χ4n) is 1.72. The maximum atomic E-state index is 8.81. The number of nitriles is 1. The second-order valence-corrected chi connectivity index (χ2v) is 7.67. The molecule has 0 aliphatic carbocycles. The molecular formula is C17H14Cl2N2OS2. The van der Waals surface area contributed by atoms with E-state index >= 15 is 0 Å². The molecule has 0 aliphatic heterocycles. The summed E-state index contributed by atoms with van der Waals surface area (Å²) in [4.78, 5) is 3.86. The molecule has 0 fully saturated rings. The van der Waals surface area contributed by atoms with Crippen molar-refractivity contribution in [2.75, 3.05) is 12.4 Å².